The molecule has 0 saturated carbocycles. The van der Waals surface area contributed by atoms with Crippen LogP contribution in [0.5, 0.6) is 5.75 Å². The summed E-state index contributed by atoms with van der Waals surface area (Å²) in [4.78, 5) is 30.9. The van der Waals surface area contributed by atoms with Crippen molar-refractivity contribution in [1.29, 1.82) is 0 Å². The summed E-state index contributed by atoms with van der Waals surface area (Å²) in [7, 11) is 3.62. The van der Waals surface area contributed by atoms with Crippen molar-refractivity contribution in [2.75, 3.05) is 7.11 Å². The molecule has 153 valence electrons. The first-order valence-corrected chi connectivity index (χ1v) is 10.1. The molecule has 1 radical (unpaired) electrons. The molecule has 0 N–H and O–H groups in total. The maximum atomic E-state index is 13.3. The Hall–Kier alpha value is -3.67. The zero-order valence-corrected chi connectivity index (χ0v) is 17.8. The van der Waals surface area contributed by atoms with Gasteiger partial charge in [-0.25, -0.2) is 4.98 Å². The molecule has 0 bridgehead atoms. The van der Waals surface area contributed by atoms with Crippen LogP contribution in [0.3, 0.4) is 0 Å². The Kier molecular flexibility index (Phi) is 5.71. The molecule has 0 atom stereocenters. The average molecular weight is 409 g/mol. The third-order valence-electron chi connectivity index (χ3n) is 5.37. The zero-order valence-electron chi connectivity index (χ0n) is 17.8. The highest BCUT2D eigenvalue weighted by Crippen LogP contribution is 2.21. The van der Waals surface area contributed by atoms with Crippen molar-refractivity contribution in [3.63, 3.8) is 0 Å². The molecule has 0 saturated heterocycles. The number of aromatic nitrogens is 2. The molecule has 0 fully saturated rings. The maximum Gasteiger partial charge on any atom is 0.202 e. The fourth-order valence-corrected chi connectivity index (χ4v) is 3.75. The lowest BCUT2D eigenvalue weighted by atomic mass is 9.73. The van der Waals surface area contributed by atoms with Crippen LogP contribution in [0.1, 0.15) is 27.0 Å². The number of carbonyl (C=O) groups is 1. The third-order valence-corrected chi connectivity index (χ3v) is 5.37. The number of ether oxygens (including phenoxy) is 1. The topological polar surface area (TPSA) is 61.2 Å². The summed E-state index contributed by atoms with van der Waals surface area (Å²) < 4.78 is 7.15. The van der Waals surface area contributed by atoms with Crippen LogP contribution < -0.4 is 15.6 Å². The van der Waals surface area contributed by atoms with Crippen LogP contribution in [-0.4, -0.2) is 29.7 Å². The standard InChI is InChI=1S/C25H22BN2O3/c1-16-12-18(9-10-22(16)31-3)23(29)21-15-28(14-17-6-4-7-19(13-17)26-2)25-20(24(21)30)8-5-11-27-25/h4-13,15H,14H2,1-3H3. The Morgan fingerprint density at radius 3 is 2.71 bits per heavy atom. The van der Waals surface area contributed by atoms with E-state index < -0.39 is 0 Å². The van der Waals surface area contributed by atoms with E-state index in [2.05, 4.69) is 11.1 Å². The predicted octanol–water partition coefficient (Wildman–Crippen LogP) is 3.37. The number of hydrogen-bond donors (Lipinski definition) is 0. The maximum absolute atomic E-state index is 13.3. The minimum atomic E-state index is -0.314. The van der Waals surface area contributed by atoms with Gasteiger partial charge in [-0.3, -0.25) is 9.59 Å². The highest BCUT2D eigenvalue weighted by atomic mass is 16.5. The summed E-state index contributed by atoms with van der Waals surface area (Å²) in [6, 6.07) is 16.7. The number of fused-ring (bicyclic) bond motifs is 1. The van der Waals surface area contributed by atoms with E-state index in [4.69, 9.17) is 4.74 Å². The molecule has 4 rings (SSSR count). The lowest BCUT2D eigenvalue weighted by molar-refractivity contribution is 0.103. The van der Waals surface area contributed by atoms with Gasteiger partial charge in [0.1, 0.15) is 18.7 Å². The van der Waals surface area contributed by atoms with E-state index in [0.717, 1.165) is 16.6 Å². The van der Waals surface area contributed by atoms with Gasteiger partial charge in [0.2, 0.25) is 5.43 Å². The molecule has 6 heteroatoms. The molecule has 31 heavy (non-hydrogen) atoms. The number of nitrogens with zero attached hydrogens (tertiary/aromatic N) is 2. The van der Waals surface area contributed by atoms with Gasteiger partial charge in [0.25, 0.3) is 0 Å². The second-order valence-corrected chi connectivity index (χ2v) is 7.42. The van der Waals surface area contributed by atoms with Crippen LogP contribution in [0.4, 0.5) is 0 Å². The van der Waals surface area contributed by atoms with Crippen LogP contribution >= 0.6 is 0 Å². The average Bonchev–Trinajstić information content (AvgIpc) is 2.80. The summed E-state index contributed by atoms with van der Waals surface area (Å²) in [5.41, 5.74) is 3.83. The quantitative estimate of drug-likeness (QED) is 0.362. The molecular formula is C25H22BN2O3. The molecule has 0 aliphatic carbocycles. The normalized spacial score (nSPS) is 10.8. The second kappa shape index (κ2) is 8.60. The van der Waals surface area contributed by atoms with Crippen molar-refractivity contribution in [2.24, 2.45) is 0 Å². The van der Waals surface area contributed by atoms with E-state index in [9.17, 15) is 9.59 Å². The van der Waals surface area contributed by atoms with Crippen molar-refractivity contribution in [1.82, 2.24) is 9.55 Å². The molecule has 0 unspecified atom stereocenters. The molecular weight excluding hydrogens is 387 g/mol. The van der Waals surface area contributed by atoms with E-state index in [1.54, 1.807) is 49.8 Å². The lowest BCUT2D eigenvalue weighted by Crippen LogP contribution is -2.21. The minimum Gasteiger partial charge on any atom is -0.496 e. The van der Waals surface area contributed by atoms with Gasteiger partial charge in [-0.2, -0.15) is 0 Å². The van der Waals surface area contributed by atoms with Gasteiger partial charge in [0.05, 0.1) is 18.1 Å². The van der Waals surface area contributed by atoms with Crippen molar-refractivity contribution >= 4 is 29.6 Å². The molecule has 5 nitrogen and oxygen atoms in total. The molecule has 0 spiro atoms. The first kappa shape index (κ1) is 20.6. The molecule has 0 amide bonds. The Morgan fingerprint density at radius 1 is 1.13 bits per heavy atom. The van der Waals surface area contributed by atoms with E-state index in [-0.39, 0.29) is 16.8 Å². The fourth-order valence-electron chi connectivity index (χ4n) is 3.75. The lowest BCUT2D eigenvalue weighted by Gasteiger charge is -2.13. The molecule has 0 aliphatic rings. The Balaban J connectivity index is 1.84. The molecule has 2 aromatic heterocycles. The summed E-state index contributed by atoms with van der Waals surface area (Å²) in [5.74, 6) is 0.384. The number of methoxy groups -OCH3 is 1. The highest BCUT2D eigenvalue weighted by molar-refractivity contribution is 6.51. The minimum absolute atomic E-state index is 0.128. The van der Waals surface area contributed by atoms with E-state index in [1.807, 2.05) is 43.8 Å². The highest BCUT2D eigenvalue weighted by Gasteiger charge is 2.18. The second-order valence-electron chi connectivity index (χ2n) is 7.42. The van der Waals surface area contributed by atoms with Crippen LogP contribution in [0, 0.1) is 6.92 Å². The molecule has 2 heterocycles. The smallest absolute Gasteiger partial charge is 0.202 e. The summed E-state index contributed by atoms with van der Waals surface area (Å²) in [6.45, 7) is 4.36. The third kappa shape index (κ3) is 4.01. The van der Waals surface area contributed by atoms with E-state index in [0.29, 0.717) is 28.9 Å². The van der Waals surface area contributed by atoms with Crippen LogP contribution in [-0.2, 0) is 6.54 Å². The Bertz CT molecular complexity index is 1340. The van der Waals surface area contributed by atoms with E-state index in [1.165, 1.54) is 0 Å². The van der Waals surface area contributed by atoms with Crippen LogP contribution in [0.15, 0.2) is 71.8 Å². The van der Waals surface area contributed by atoms with Gasteiger partial charge in [-0.15, -0.1) is 0 Å². The summed E-state index contributed by atoms with van der Waals surface area (Å²) in [6.07, 6.45) is 3.28. The summed E-state index contributed by atoms with van der Waals surface area (Å²) in [5, 5.41) is 0.428. The zero-order chi connectivity index (χ0) is 22.0. The Morgan fingerprint density at radius 2 is 1.97 bits per heavy atom. The number of ketones is 1. The molecule has 4 aromatic rings. The van der Waals surface area contributed by atoms with Crippen molar-refractivity contribution in [2.45, 2.75) is 20.3 Å². The monoisotopic (exact) mass is 409 g/mol. The van der Waals surface area contributed by atoms with E-state index >= 15 is 0 Å². The van der Waals surface area contributed by atoms with Gasteiger partial charge in [-0.1, -0.05) is 36.6 Å². The molecule has 0 aliphatic heterocycles. The van der Waals surface area contributed by atoms with Crippen molar-refractivity contribution in [3.05, 3.63) is 99.5 Å². The SMILES string of the molecule is C[B]c1cccc(Cn2cc(C(=O)c3ccc(OC)c(C)c3)c(=O)c3cccnc32)c1. The van der Waals surface area contributed by atoms with Gasteiger partial charge in [-0.05, 0) is 48.4 Å². The number of benzene rings is 2. The number of pyridine rings is 2. The number of carbonyl (C=O) groups excluding carboxylic acids is 1. The van der Waals surface area contributed by atoms with Gasteiger partial charge < -0.3 is 9.30 Å². The van der Waals surface area contributed by atoms with Crippen molar-refractivity contribution < 1.29 is 9.53 Å². The van der Waals surface area contributed by atoms with Gasteiger partial charge in [0, 0.05) is 24.5 Å². The first-order chi connectivity index (χ1) is 15.0. The number of rotatable bonds is 6. The van der Waals surface area contributed by atoms with Gasteiger partial charge >= 0.3 is 0 Å². The van der Waals surface area contributed by atoms with Crippen molar-refractivity contribution in [3.8, 4) is 5.75 Å². The first-order valence-electron chi connectivity index (χ1n) is 10.1. The fraction of sp³-hybridized carbons (Fsp3) is 0.160. The number of aryl methyl sites for hydroxylation is 1. The van der Waals surface area contributed by atoms with Crippen LogP contribution in [0.25, 0.3) is 11.0 Å². The predicted molar refractivity (Wildman–Crippen MR) is 124 cm³/mol. The number of hydrogen-bond acceptors (Lipinski definition) is 4. The van der Waals surface area contributed by atoms with Gasteiger partial charge in [0.15, 0.2) is 5.78 Å². The van der Waals surface area contributed by atoms with Crippen LogP contribution in [0.2, 0.25) is 6.82 Å². The summed E-state index contributed by atoms with van der Waals surface area (Å²) >= 11 is 0. The Labute approximate surface area is 181 Å². The largest absolute Gasteiger partial charge is 0.496 e. The molecule has 2 aromatic carbocycles.